The van der Waals surface area contributed by atoms with Gasteiger partial charge in [0.2, 0.25) is 5.91 Å². The standard InChI is InChI=1S/C11H18F2N2OS.ClH/c1-10(3-2-4-17-10)6-15-9(16)8-5-11(12,13)7-14-8;/h8,14H,2-7H2,1H3,(H,15,16);1H. The minimum Gasteiger partial charge on any atom is -0.353 e. The van der Waals surface area contributed by atoms with E-state index in [1.165, 1.54) is 0 Å². The number of nitrogens with one attached hydrogen (secondary N) is 2. The van der Waals surface area contributed by atoms with Gasteiger partial charge in [-0.3, -0.25) is 10.1 Å². The molecule has 106 valence electrons. The number of hydrogen-bond acceptors (Lipinski definition) is 3. The van der Waals surface area contributed by atoms with Crippen molar-refractivity contribution < 1.29 is 13.6 Å². The molecule has 0 bridgehead atoms. The van der Waals surface area contributed by atoms with Crippen LogP contribution in [0.4, 0.5) is 8.78 Å². The van der Waals surface area contributed by atoms with Gasteiger partial charge in [-0.1, -0.05) is 0 Å². The summed E-state index contributed by atoms with van der Waals surface area (Å²) in [5, 5.41) is 5.35. The molecule has 0 spiro atoms. The number of amides is 1. The first-order valence-corrected chi connectivity index (χ1v) is 6.92. The van der Waals surface area contributed by atoms with Gasteiger partial charge in [-0.15, -0.1) is 12.4 Å². The van der Waals surface area contributed by atoms with E-state index < -0.39 is 18.5 Å². The fourth-order valence-corrected chi connectivity index (χ4v) is 3.52. The molecule has 2 fully saturated rings. The van der Waals surface area contributed by atoms with Crippen LogP contribution in [0, 0.1) is 0 Å². The van der Waals surface area contributed by atoms with Gasteiger partial charge in [0, 0.05) is 17.7 Å². The lowest BCUT2D eigenvalue weighted by Crippen LogP contribution is -2.45. The first kappa shape index (κ1) is 16.0. The molecule has 18 heavy (non-hydrogen) atoms. The molecule has 0 aliphatic carbocycles. The summed E-state index contributed by atoms with van der Waals surface area (Å²) in [4.78, 5) is 11.7. The van der Waals surface area contributed by atoms with Crippen LogP contribution in [0.5, 0.6) is 0 Å². The van der Waals surface area contributed by atoms with Crippen LogP contribution >= 0.6 is 24.2 Å². The molecule has 2 heterocycles. The van der Waals surface area contributed by atoms with Crippen molar-refractivity contribution in [3.8, 4) is 0 Å². The van der Waals surface area contributed by atoms with Crippen molar-refractivity contribution in [1.82, 2.24) is 10.6 Å². The molecule has 3 nitrogen and oxygen atoms in total. The quantitative estimate of drug-likeness (QED) is 0.835. The molecule has 1 amide bonds. The van der Waals surface area contributed by atoms with Crippen LogP contribution < -0.4 is 10.6 Å². The van der Waals surface area contributed by atoms with Gasteiger partial charge < -0.3 is 5.32 Å². The molecule has 0 aromatic rings. The first-order valence-electron chi connectivity index (χ1n) is 5.93. The van der Waals surface area contributed by atoms with Crippen molar-refractivity contribution in [3.05, 3.63) is 0 Å². The predicted molar refractivity (Wildman–Crippen MR) is 71.7 cm³/mol. The first-order chi connectivity index (χ1) is 7.90. The van der Waals surface area contributed by atoms with Crippen LogP contribution in [0.1, 0.15) is 26.2 Å². The number of hydrogen-bond donors (Lipinski definition) is 2. The molecule has 2 atom stereocenters. The zero-order chi connectivity index (χ0) is 12.5. The third-order valence-electron chi connectivity index (χ3n) is 3.36. The van der Waals surface area contributed by atoms with Gasteiger partial charge in [0.05, 0.1) is 12.6 Å². The molecule has 2 aliphatic heterocycles. The molecule has 2 saturated heterocycles. The monoisotopic (exact) mass is 300 g/mol. The molecule has 0 aromatic carbocycles. The summed E-state index contributed by atoms with van der Waals surface area (Å²) in [6, 6.07) is -0.736. The average molecular weight is 301 g/mol. The highest BCUT2D eigenvalue weighted by Crippen LogP contribution is 2.37. The normalized spacial score (nSPS) is 34.1. The largest absolute Gasteiger partial charge is 0.353 e. The van der Waals surface area contributed by atoms with Crippen molar-refractivity contribution in [2.75, 3.05) is 18.8 Å². The molecule has 2 aliphatic rings. The second-order valence-corrected chi connectivity index (χ2v) is 6.80. The van der Waals surface area contributed by atoms with E-state index in [4.69, 9.17) is 0 Å². The Bertz CT molecular complexity index is 311. The predicted octanol–water partition coefficient (Wildman–Crippen LogP) is 1.81. The summed E-state index contributed by atoms with van der Waals surface area (Å²) in [5.74, 6) is -1.92. The van der Waals surface area contributed by atoms with Gasteiger partial charge in [0.15, 0.2) is 0 Å². The van der Waals surface area contributed by atoms with Crippen molar-refractivity contribution in [2.45, 2.75) is 42.9 Å². The van der Waals surface area contributed by atoms with Crippen molar-refractivity contribution in [3.63, 3.8) is 0 Å². The summed E-state index contributed by atoms with van der Waals surface area (Å²) in [7, 11) is 0. The number of carbonyl (C=O) groups is 1. The molecule has 0 radical (unpaired) electrons. The summed E-state index contributed by atoms with van der Waals surface area (Å²) in [6.07, 6.45) is 1.85. The lowest BCUT2D eigenvalue weighted by Gasteiger charge is -2.23. The smallest absolute Gasteiger partial charge is 0.262 e. The maximum absolute atomic E-state index is 12.9. The van der Waals surface area contributed by atoms with Crippen LogP contribution in [-0.4, -0.2) is 41.5 Å². The van der Waals surface area contributed by atoms with E-state index in [-0.39, 0.29) is 29.5 Å². The fourth-order valence-electron chi connectivity index (χ4n) is 2.27. The van der Waals surface area contributed by atoms with E-state index in [1.54, 1.807) is 0 Å². The Morgan fingerprint density at radius 2 is 2.28 bits per heavy atom. The van der Waals surface area contributed by atoms with Gasteiger partial charge in [0.25, 0.3) is 5.92 Å². The lowest BCUT2D eigenvalue weighted by atomic mass is 10.1. The zero-order valence-electron chi connectivity index (χ0n) is 10.3. The van der Waals surface area contributed by atoms with Crippen LogP contribution in [-0.2, 0) is 4.79 Å². The Labute approximate surface area is 116 Å². The molecule has 2 unspecified atom stereocenters. The zero-order valence-corrected chi connectivity index (χ0v) is 11.9. The number of carbonyl (C=O) groups excluding carboxylic acids is 1. The number of alkyl halides is 2. The van der Waals surface area contributed by atoms with Gasteiger partial charge in [-0.2, -0.15) is 11.8 Å². The molecule has 7 heteroatoms. The number of rotatable bonds is 3. The Hall–Kier alpha value is -0.0700. The number of thioether (sulfide) groups is 1. The van der Waals surface area contributed by atoms with Crippen LogP contribution in [0.15, 0.2) is 0 Å². The highest BCUT2D eigenvalue weighted by Gasteiger charge is 2.42. The minimum atomic E-state index is -2.74. The Morgan fingerprint density at radius 3 is 2.78 bits per heavy atom. The number of halogens is 3. The Kier molecular flexibility index (Phi) is 5.26. The summed E-state index contributed by atoms with van der Waals surface area (Å²) >= 11 is 1.85. The maximum atomic E-state index is 12.9. The molecule has 2 N–H and O–H groups in total. The topological polar surface area (TPSA) is 41.1 Å². The van der Waals surface area contributed by atoms with Crippen molar-refractivity contribution in [1.29, 1.82) is 0 Å². The molecule has 0 saturated carbocycles. The van der Waals surface area contributed by atoms with Crippen molar-refractivity contribution >= 4 is 30.1 Å². The molecular formula is C11H19ClF2N2OS. The van der Waals surface area contributed by atoms with Gasteiger partial charge >= 0.3 is 0 Å². The van der Waals surface area contributed by atoms with Gasteiger partial charge in [0.1, 0.15) is 0 Å². The molecule has 2 rings (SSSR count). The fraction of sp³-hybridized carbons (Fsp3) is 0.909. The van der Waals surface area contributed by atoms with E-state index in [0.29, 0.717) is 6.54 Å². The van der Waals surface area contributed by atoms with Crippen molar-refractivity contribution in [2.24, 2.45) is 0 Å². The summed E-state index contributed by atoms with van der Waals surface area (Å²) < 4.78 is 25.9. The minimum absolute atomic E-state index is 0. The summed E-state index contributed by atoms with van der Waals surface area (Å²) in [5.41, 5.74) is 0. The second kappa shape index (κ2) is 5.92. The molecular weight excluding hydrogens is 282 g/mol. The lowest BCUT2D eigenvalue weighted by molar-refractivity contribution is -0.123. The van der Waals surface area contributed by atoms with E-state index in [1.807, 2.05) is 11.8 Å². The van der Waals surface area contributed by atoms with E-state index >= 15 is 0 Å². The SMILES string of the molecule is CC1(CNC(=O)C2CC(F)(F)CN2)CCCS1.Cl. The third-order valence-corrected chi connectivity index (χ3v) is 4.90. The average Bonchev–Trinajstić information content (AvgIpc) is 2.82. The maximum Gasteiger partial charge on any atom is 0.262 e. The van der Waals surface area contributed by atoms with Gasteiger partial charge in [-0.25, -0.2) is 8.78 Å². The Morgan fingerprint density at radius 1 is 1.56 bits per heavy atom. The second-order valence-electron chi connectivity index (χ2n) is 5.11. The Balaban J connectivity index is 0.00000162. The molecule has 0 aromatic heterocycles. The van der Waals surface area contributed by atoms with Gasteiger partial charge in [-0.05, 0) is 25.5 Å². The summed E-state index contributed by atoms with van der Waals surface area (Å²) in [6.45, 7) is 2.29. The van der Waals surface area contributed by atoms with Crippen LogP contribution in [0.25, 0.3) is 0 Å². The van der Waals surface area contributed by atoms with E-state index in [9.17, 15) is 13.6 Å². The van der Waals surface area contributed by atoms with E-state index in [0.717, 1.165) is 18.6 Å². The highest BCUT2D eigenvalue weighted by atomic mass is 35.5. The van der Waals surface area contributed by atoms with E-state index in [2.05, 4.69) is 17.6 Å². The highest BCUT2D eigenvalue weighted by molar-refractivity contribution is 8.00. The van der Waals surface area contributed by atoms with Crippen LogP contribution in [0.3, 0.4) is 0 Å². The third kappa shape index (κ3) is 3.96. The van der Waals surface area contributed by atoms with Crippen LogP contribution in [0.2, 0.25) is 0 Å².